The van der Waals surface area contributed by atoms with Gasteiger partial charge in [-0.25, -0.2) is 21.6 Å². The van der Waals surface area contributed by atoms with Crippen LogP contribution >= 0.6 is 0 Å². The molecule has 1 N–H and O–H groups in total. The summed E-state index contributed by atoms with van der Waals surface area (Å²) in [6.45, 7) is 3.53. The van der Waals surface area contributed by atoms with Crippen molar-refractivity contribution in [1.29, 1.82) is 0 Å². The molecule has 0 radical (unpaired) electrons. The molecule has 1 aliphatic rings. The Labute approximate surface area is 111 Å². The van der Waals surface area contributed by atoms with Crippen LogP contribution in [0.5, 0.6) is 0 Å². The van der Waals surface area contributed by atoms with Gasteiger partial charge in [0.15, 0.2) is 9.84 Å². The van der Waals surface area contributed by atoms with E-state index in [1.165, 1.54) is 6.07 Å². The van der Waals surface area contributed by atoms with E-state index in [4.69, 9.17) is 0 Å². The number of carbonyl (C=O) groups excluding carboxylic acids is 1. The largest absolute Gasteiger partial charge is 0.268 e. The Morgan fingerprint density at radius 1 is 1.21 bits per heavy atom. The predicted molar refractivity (Wildman–Crippen MR) is 68.3 cm³/mol. The van der Waals surface area contributed by atoms with E-state index in [-0.39, 0.29) is 21.3 Å². The molecule has 0 saturated heterocycles. The van der Waals surface area contributed by atoms with E-state index in [1.54, 1.807) is 13.8 Å². The molecule has 1 aromatic carbocycles. The molecule has 8 heteroatoms. The first-order valence-corrected chi connectivity index (χ1v) is 8.86. The second-order valence-electron chi connectivity index (χ2n) is 4.75. The molecule has 0 atom stereocenters. The zero-order valence-electron chi connectivity index (χ0n) is 10.6. The minimum atomic E-state index is -3.96. The van der Waals surface area contributed by atoms with Gasteiger partial charge in [-0.3, -0.25) is 4.79 Å². The average Bonchev–Trinajstić information content (AvgIpc) is 2.47. The molecule has 6 nitrogen and oxygen atoms in total. The van der Waals surface area contributed by atoms with Crippen molar-refractivity contribution < 1.29 is 21.6 Å². The number of hydrogen-bond acceptors (Lipinski definition) is 5. The third-order valence-electron chi connectivity index (χ3n) is 2.90. The summed E-state index contributed by atoms with van der Waals surface area (Å²) < 4.78 is 48.7. The summed E-state index contributed by atoms with van der Waals surface area (Å²) in [4.78, 5) is 11.4. The fourth-order valence-electron chi connectivity index (χ4n) is 1.96. The maximum Gasteiger partial charge on any atom is 0.266 e. The van der Waals surface area contributed by atoms with Gasteiger partial charge in [0.2, 0.25) is 0 Å². The highest BCUT2D eigenvalue weighted by Gasteiger charge is 2.36. The number of carbonyl (C=O) groups is 1. The Kier molecular flexibility index (Phi) is 2.98. The zero-order valence-corrected chi connectivity index (χ0v) is 12.2. The Morgan fingerprint density at radius 3 is 2.26 bits per heavy atom. The maximum absolute atomic E-state index is 11.8. The molecule has 0 spiro atoms. The van der Waals surface area contributed by atoms with Crippen LogP contribution in [0.1, 0.15) is 35.7 Å². The van der Waals surface area contributed by atoms with Crippen molar-refractivity contribution in [3.05, 3.63) is 23.3 Å². The average molecular weight is 303 g/mol. The Bertz CT molecular complexity index is 776. The van der Waals surface area contributed by atoms with Gasteiger partial charge in [-0.2, -0.15) is 0 Å². The van der Waals surface area contributed by atoms with Crippen molar-refractivity contribution in [2.75, 3.05) is 6.26 Å². The molecule has 0 bridgehead atoms. The van der Waals surface area contributed by atoms with E-state index in [2.05, 4.69) is 0 Å². The van der Waals surface area contributed by atoms with Crippen LogP contribution in [0.3, 0.4) is 0 Å². The summed E-state index contributed by atoms with van der Waals surface area (Å²) in [5, 5.41) is 0. The number of rotatable bonds is 2. The van der Waals surface area contributed by atoms with Crippen molar-refractivity contribution in [3.63, 3.8) is 0 Å². The van der Waals surface area contributed by atoms with Gasteiger partial charge in [-0.15, -0.1) is 0 Å². The standard InChI is InChI=1S/C11H13NO5S2/c1-6(2)8-4-7(18(3,14)15)5-9-10(8)11(13)12-19(9,16)17/h4-6H,1-3H3,(H,12,13). The van der Waals surface area contributed by atoms with Gasteiger partial charge in [0.05, 0.1) is 10.5 Å². The van der Waals surface area contributed by atoms with Gasteiger partial charge < -0.3 is 0 Å². The van der Waals surface area contributed by atoms with Crippen LogP contribution < -0.4 is 4.72 Å². The van der Waals surface area contributed by atoms with Gasteiger partial charge in [0.25, 0.3) is 15.9 Å². The summed E-state index contributed by atoms with van der Waals surface area (Å²) in [6.07, 6.45) is 0.996. The number of hydrogen-bond donors (Lipinski definition) is 1. The molecule has 1 aliphatic heterocycles. The van der Waals surface area contributed by atoms with Crippen LogP contribution in [0.15, 0.2) is 21.9 Å². The maximum atomic E-state index is 11.8. The fourth-order valence-corrected chi connectivity index (χ4v) is 3.93. The molecular weight excluding hydrogens is 290 g/mol. The minimum absolute atomic E-state index is 0.0439. The fraction of sp³-hybridized carbons (Fsp3) is 0.364. The van der Waals surface area contributed by atoms with E-state index >= 15 is 0 Å². The molecule has 0 aliphatic carbocycles. The summed E-state index contributed by atoms with van der Waals surface area (Å²) >= 11 is 0. The number of sulfonamides is 1. The third kappa shape index (κ3) is 2.25. The van der Waals surface area contributed by atoms with Gasteiger partial charge in [0, 0.05) is 6.26 Å². The van der Waals surface area contributed by atoms with Gasteiger partial charge in [-0.1, -0.05) is 13.8 Å². The lowest BCUT2D eigenvalue weighted by Crippen LogP contribution is -2.21. The van der Waals surface area contributed by atoms with E-state index < -0.39 is 25.8 Å². The highest BCUT2D eigenvalue weighted by atomic mass is 32.2. The number of nitrogens with one attached hydrogen (secondary N) is 1. The SMILES string of the molecule is CC(C)c1cc(S(C)(=O)=O)cc2c1C(=O)NS2(=O)=O. The molecule has 0 fully saturated rings. The zero-order chi connectivity index (χ0) is 14.6. The topological polar surface area (TPSA) is 97.4 Å². The molecule has 104 valence electrons. The normalized spacial score (nSPS) is 17.4. The second kappa shape index (κ2) is 4.04. The van der Waals surface area contributed by atoms with Crippen LogP contribution in [0.25, 0.3) is 0 Å². The predicted octanol–water partition coefficient (Wildman–Crippen LogP) is 0.646. The number of amides is 1. The molecule has 0 aromatic heterocycles. The molecular formula is C11H13NO5S2. The molecule has 1 heterocycles. The Balaban J connectivity index is 2.93. The molecule has 2 rings (SSSR count). The molecule has 0 saturated carbocycles. The van der Waals surface area contributed by atoms with E-state index in [0.717, 1.165) is 12.3 Å². The number of fused-ring (bicyclic) bond motifs is 1. The van der Waals surface area contributed by atoms with E-state index in [0.29, 0.717) is 5.56 Å². The Hall–Kier alpha value is -1.41. The Morgan fingerprint density at radius 2 is 1.79 bits per heavy atom. The van der Waals surface area contributed by atoms with Crippen molar-refractivity contribution >= 4 is 25.8 Å². The minimum Gasteiger partial charge on any atom is -0.268 e. The lowest BCUT2D eigenvalue weighted by molar-refractivity contribution is 0.0983. The van der Waals surface area contributed by atoms with Crippen LogP contribution in [-0.2, 0) is 19.9 Å². The highest BCUT2D eigenvalue weighted by Crippen LogP contribution is 2.32. The molecule has 1 aromatic rings. The van der Waals surface area contributed by atoms with Crippen molar-refractivity contribution in [3.8, 4) is 0 Å². The van der Waals surface area contributed by atoms with Crippen LogP contribution in [-0.4, -0.2) is 29.0 Å². The number of sulfone groups is 1. The third-order valence-corrected chi connectivity index (χ3v) is 5.35. The van der Waals surface area contributed by atoms with Crippen molar-refractivity contribution in [1.82, 2.24) is 4.72 Å². The highest BCUT2D eigenvalue weighted by molar-refractivity contribution is 7.91. The monoisotopic (exact) mass is 303 g/mol. The van der Waals surface area contributed by atoms with E-state index in [9.17, 15) is 21.6 Å². The summed E-state index contributed by atoms with van der Waals surface area (Å²) in [7, 11) is -7.51. The quantitative estimate of drug-likeness (QED) is 0.865. The second-order valence-corrected chi connectivity index (χ2v) is 8.41. The van der Waals surface area contributed by atoms with Crippen LogP contribution in [0.4, 0.5) is 0 Å². The molecule has 1 amide bonds. The van der Waals surface area contributed by atoms with Gasteiger partial charge >= 0.3 is 0 Å². The lowest BCUT2D eigenvalue weighted by Gasteiger charge is -2.11. The summed E-state index contributed by atoms with van der Waals surface area (Å²) in [6, 6.07) is 2.39. The van der Waals surface area contributed by atoms with E-state index in [1.807, 2.05) is 4.72 Å². The van der Waals surface area contributed by atoms with Crippen molar-refractivity contribution in [2.45, 2.75) is 29.6 Å². The number of benzene rings is 1. The first-order valence-electron chi connectivity index (χ1n) is 5.49. The van der Waals surface area contributed by atoms with Gasteiger partial charge in [-0.05, 0) is 23.6 Å². The first-order chi connectivity index (χ1) is 8.54. The van der Waals surface area contributed by atoms with Gasteiger partial charge in [0.1, 0.15) is 4.90 Å². The molecule has 0 unspecified atom stereocenters. The van der Waals surface area contributed by atoms with Crippen LogP contribution in [0, 0.1) is 0 Å². The first kappa shape index (κ1) is 14.0. The van der Waals surface area contributed by atoms with Crippen LogP contribution in [0.2, 0.25) is 0 Å². The van der Waals surface area contributed by atoms with Crippen molar-refractivity contribution in [2.24, 2.45) is 0 Å². The summed E-state index contributed by atoms with van der Waals surface area (Å²) in [5.74, 6) is -0.881. The lowest BCUT2D eigenvalue weighted by atomic mass is 9.97. The smallest absolute Gasteiger partial charge is 0.266 e. The summed E-state index contributed by atoms with van der Waals surface area (Å²) in [5.41, 5.74) is 0.457. The molecule has 19 heavy (non-hydrogen) atoms.